The van der Waals surface area contributed by atoms with Crippen LogP contribution in [0, 0.1) is 6.92 Å². The number of carbonyl (C=O) groups is 2. The predicted octanol–water partition coefficient (Wildman–Crippen LogP) is 4.13. The molecule has 9 heteroatoms. The van der Waals surface area contributed by atoms with E-state index in [-0.39, 0.29) is 11.8 Å². The van der Waals surface area contributed by atoms with Gasteiger partial charge in [0.25, 0.3) is 11.8 Å². The third-order valence-electron chi connectivity index (χ3n) is 6.39. The van der Waals surface area contributed by atoms with Crippen LogP contribution in [-0.2, 0) is 11.3 Å². The van der Waals surface area contributed by atoms with E-state index in [9.17, 15) is 9.59 Å². The number of methoxy groups -OCH3 is 1. The van der Waals surface area contributed by atoms with Crippen LogP contribution in [0.4, 0.5) is 17.2 Å². The van der Waals surface area contributed by atoms with Crippen LogP contribution in [0.25, 0.3) is 0 Å². The second-order valence-corrected chi connectivity index (χ2v) is 9.56. The smallest absolute Gasteiger partial charge is 0.266 e. The van der Waals surface area contributed by atoms with Gasteiger partial charge in [0.1, 0.15) is 17.4 Å². The molecule has 8 nitrogen and oxygen atoms in total. The van der Waals surface area contributed by atoms with E-state index in [1.54, 1.807) is 55.5 Å². The molecule has 0 atom stereocenters. The first-order valence-electron chi connectivity index (χ1n) is 11.4. The monoisotopic (exact) mass is 496 g/mol. The van der Waals surface area contributed by atoms with Gasteiger partial charge in [-0.05, 0) is 30.3 Å². The van der Waals surface area contributed by atoms with Gasteiger partial charge in [-0.15, -0.1) is 0 Å². The Kier molecular flexibility index (Phi) is 5.50. The molecule has 6 rings (SSSR count). The normalized spacial score (nSPS) is 14.1. The summed E-state index contributed by atoms with van der Waals surface area (Å²) in [5, 5.41) is 0.841. The lowest BCUT2D eigenvalue weighted by atomic mass is 10.1. The van der Waals surface area contributed by atoms with Crippen molar-refractivity contribution in [3.8, 4) is 0 Å². The van der Waals surface area contributed by atoms with Gasteiger partial charge in [-0.25, -0.2) is 14.9 Å². The lowest BCUT2D eigenvalue weighted by Gasteiger charge is -2.30. The van der Waals surface area contributed by atoms with Crippen molar-refractivity contribution in [1.29, 1.82) is 0 Å². The number of fused-ring (bicyclic) bond motifs is 3. The zero-order valence-electron chi connectivity index (χ0n) is 19.7. The molecule has 0 spiro atoms. The van der Waals surface area contributed by atoms with Gasteiger partial charge in [0, 0.05) is 43.0 Å². The van der Waals surface area contributed by atoms with Gasteiger partial charge in [-0.1, -0.05) is 30.0 Å². The highest BCUT2D eigenvalue weighted by Gasteiger charge is 2.38. The quantitative estimate of drug-likeness (QED) is 0.304. The van der Waals surface area contributed by atoms with Crippen molar-refractivity contribution < 1.29 is 18.9 Å². The summed E-state index contributed by atoms with van der Waals surface area (Å²) in [6, 6.07) is 16.9. The molecule has 0 N–H and O–H groups in total. The molecule has 0 radical (unpaired) electrons. The average Bonchev–Trinajstić information content (AvgIpc) is 3.15. The molecule has 2 aromatic carbocycles. The fourth-order valence-corrected chi connectivity index (χ4v) is 5.63. The highest BCUT2D eigenvalue weighted by atomic mass is 32.2. The van der Waals surface area contributed by atoms with Crippen molar-refractivity contribution in [3.63, 3.8) is 0 Å². The Balaban J connectivity index is 1.34. The Hall–Kier alpha value is -4.08. The Bertz CT molecular complexity index is 1500. The molecule has 0 saturated carbocycles. The third kappa shape index (κ3) is 3.55. The summed E-state index contributed by atoms with van der Waals surface area (Å²) in [7, 11) is 1.66. The van der Waals surface area contributed by atoms with E-state index in [1.165, 1.54) is 4.90 Å². The van der Waals surface area contributed by atoms with Gasteiger partial charge in [0.2, 0.25) is 5.69 Å². The lowest BCUT2D eigenvalue weighted by molar-refractivity contribution is -0.693. The molecule has 0 saturated heterocycles. The van der Waals surface area contributed by atoms with Crippen molar-refractivity contribution in [2.75, 3.05) is 23.6 Å². The molecule has 0 unspecified atom stereocenters. The number of benzene rings is 2. The van der Waals surface area contributed by atoms with Crippen LogP contribution in [-0.4, -0.2) is 35.6 Å². The first kappa shape index (κ1) is 22.4. The number of nitrogens with zero attached hydrogens (tertiary/aromatic N) is 5. The van der Waals surface area contributed by atoms with Gasteiger partial charge < -0.3 is 4.74 Å². The Morgan fingerprint density at radius 2 is 1.69 bits per heavy atom. The summed E-state index contributed by atoms with van der Waals surface area (Å²) in [5.41, 5.74) is 4.35. The van der Waals surface area contributed by atoms with Gasteiger partial charge in [0.15, 0.2) is 18.6 Å². The van der Waals surface area contributed by atoms with E-state index in [0.717, 1.165) is 32.7 Å². The number of anilines is 3. The maximum Gasteiger partial charge on any atom is 0.266 e. The van der Waals surface area contributed by atoms with Crippen molar-refractivity contribution in [1.82, 2.24) is 9.97 Å². The molecule has 2 aliphatic heterocycles. The minimum Gasteiger partial charge on any atom is -0.364 e. The molecule has 4 heterocycles. The Morgan fingerprint density at radius 3 is 2.44 bits per heavy atom. The number of aromatic nitrogens is 3. The summed E-state index contributed by atoms with van der Waals surface area (Å²) in [6.07, 6.45) is 5.33. The number of imide groups is 1. The number of amides is 2. The lowest BCUT2D eigenvalue weighted by Crippen LogP contribution is -2.41. The minimum atomic E-state index is -0.294. The van der Waals surface area contributed by atoms with Crippen LogP contribution >= 0.6 is 11.8 Å². The van der Waals surface area contributed by atoms with E-state index >= 15 is 0 Å². The molecule has 4 aromatic rings. The van der Waals surface area contributed by atoms with Crippen molar-refractivity contribution in [2.24, 2.45) is 0 Å². The van der Waals surface area contributed by atoms with Gasteiger partial charge in [0.05, 0.1) is 16.8 Å². The summed E-state index contributed by atoms with van der Waals surface area (Å²) in [6.45, 7) is 2.84. The van der Waals surface area contributed by atoms with E-state index < -0.39 is 0 Å². The highest BCUT2D eigenvalue weighted by molar-refractivity contribution is 7.99. The van der Waals surface area contributed by atoms with Crippen LogP contribution in [0.1, 0.15) is 32.0 Å². The SMILES string of the molecule is COCN1c2cc(C[n+]3cccc(N4C(=O)c5ccccc5C4=O)c3C)ccc2Sc2nccnc21. The second kappa shape index (κ2) is 8.85. The standard InChI is InChI=1S/C27H22N5O3S/c1-17-21(32-26(33)19-6-3-4-7-20(19)27(32)34)8-5-13-30(17)15-18-9-10-23-22(14-18)31(16-35-2)24-25(36-23)29-12-11-28-24/h3-14H,15-16H2,1-2H3/q+1. The average molecular weight is 497 g/mol. The fourth-order valence-electron chi connectivity index (χ4n) is 4.64. The van der Waals surface area contributed by atoms with Crippen LogP contribution in [0.15, 0.2) is 83.1 Å². The maximum absolute atomic E-state index is 13.1. The Labute approximate surface area is 212 Å². The predicted molar refractivity (Wildman–Crippen MR) is 135 cm³/mol. The second-order valence-electron chi connectivity index (χ2n) is 8.53. The number of hydrogen-bond acceptors (Lipinski definition) is 7. The van der Waals surface area contributed by atoms with Crippen LogP contribution in [0.2, 0.25) is 0 Å². The highest BCUT2D eigenvalue weighted by Crippen LogP contribution is 2.46. The van der Waals surface area contributed by atoms with E-state index in [0.29, 0.717) is 30.1 Å². The first-order chi connectivity index (χ1) is 17.6. The number of carbonyl (C=O) groups excluding carboxylic acids is 2. The number of hydrogen-bond donors (Lipinski definition) is 0. The maximum atomic E-state index is 13.1. The molecular formula is C27H22N5O3S+. The molecule has 2 amide bonds. The van der Waals surface area contributed by atoms with Gasteiger partial charge >= 0.3 is 0 Å². The minimum absolute atomic E-state index is 0.294. The topological polar surface area (TPSA) is 79.5 Å². The molecule has 178 valence electrons. The van der Waals surface area contributed by atoms with E-state index in [4.69, 9.17) is 4.74 Å². The molecule has 0 aliphatic carbocycles. The van der Waals surface area contributed by atoms with Crippen LogP contribution < -0.4 is 14.4 Å². The molecule has 0 fully saturated rings. The number of pyridine rings is 1. The first-order valence-corrected chi connectivity index (χ1v) is 12.2. The summed E-state index contributed by atoms with van der Waals surface area (Å²) in [4.78, 5) is 39.5. The van der Waals surface area contributed by atoms with Gasteiger partial charge in [-0.2, -0.15) is 4.57 Å². The molecule has 36 heavy (non-hydrogen) atoms. The van der Waals surface area contributed by atoms with E-state index in [2.05, 4.69) is 28.2 Å². The van der Waals surface area contributed by atoms with Crippen LogP contribution in [0.5, 0.6) is 0 Å². The summed E-state index contributed by atoms with van der Waals surface area (Å²) in [5.74, 6) is 0.180. The molecule has 0 bridgehead atoms. The Morgan fingerprint density at radius 1 is 0.944 bits per heavy atom. The number of rotatable bonds is 5. The largest absolute Gasteiger partial charge is 0.364 e. The zero-order valence-corrected chi connectivity index (χ0v) is 20.5. The molecule has 2 aliphatic rings. The van der Waals surface area contributed by atoms with Crippen molar-refractivity contribution in [3.05, 3.63) is 95.6 Å². The summed E-state index contributed by atoms with van der Waals surface area (Å²) >= 11 is 1.58. The molecular weight excluding hydrogens is 474 g/mol. The zero-order chi connectivity index (χ0) is 24.8. The fraction of sp³-hybridized carbons (Fsp3) is 0.148. The third-order valence-corrected chi connectivity index (χ3v) is 7.44. The van der Waals surface area contributed by atoms with Crippen molar-refractivity contribution >= 4 is 40.8 Å². The number of ether oxygens (including phenoxy) is 1. The molecule has 2 aromatic heterocycles. The van der Waals surface area contributed by atoms with Gasteiger partial charge in [-0.3, -0.25) is 14.5 Å². The van der Waals surface area contributed by atoms with Crippen molar-refractivity contribution in [2.45, 2.75) is 23.4 Å². The van der Waals surface area contributed by atoms with E-state index in [1.807, 2.05) is 34.7 Å². The van der Waals surface area contributed by atoms with Crippen LogP contribution in [0.3, 0.4) is 0 Å². The summed E-state index contributed by atoms with van der Waals surface area (Å²) < 4.78 is 7.51.